The number of aromatic carboxylic acids is 1. The predicted molar refractivity (Wildman–Crippen MR) is 93.0 cm³/mol. The van der Waals surface area contributed by atoms with Gasteiger partial charge in [0.25, 0.3) is 11.1 Å². The average Bonchev–Trinajstić information content (AvgIpc) is 3.08. The lowest BCUT2D eigenvalue weighted by molar-refractivity contribution is 0.0697. The van der Waals surface area contributed by atoms with Crippen molar-refractivity contribution < 1.29 is 19.1 Å². The van der Waals surface area contributed by atoms with Crippen molar-refractivity contribution in [3.63, 3.8) is 0 Å². The zero-order chi connectivity index (χ0) is 17.6. The summed E-state index contributed by atoms with van der Waals surface area (Å²) in [6.45, 7) is 0.169. The van der Waals surface area contributed by atoms with Crippen molar-refractivity contribution in [2.45, 2.75) is 17.6 Å². The summed E-state index contributed by atoms with van der Waals surface area (Å²) < 4.78 is 11.0. The highest BCUT2D eigenvalue weighted by molar-refractivity contribution is 7.98. The zero-order valence-corrected chi connectivity index (χ0v) is 14.5. The minimum Gasteiger partial charge on any atom is -0.484 e. The van der Waals surface area contributed by atoms with Crippen LogP contribution >= 0.6 is 23.4 Å². The second-order valence-electron chi connectivity index (χ2n) is 5.00. The van der Waals surface area contributed by atoms with Gasteiger partial charge in [-0.15, -0.1) is 10.2 Å². The Kier molecular flexibility index (Phi) is 5.57. The van der Waals surface area contributed by atoms with Crippen LogP contribution in [0.5, 0.6) is 5.75 Å². The number of hydrogen-bond donors (Lipinski definition) is 1. The van der Waals surface area contributed by atoms with Crippen LogP contribution in [0.25, 0.3) is 0 Å². The van der Waals surface area contributed by atoms with Crippen molar-refractivity contribution >= 4 is 29.3 Å². The molecule has 0 amide bonds. The standard InChI is InChI=1S/C17H13ClN2O4S/c18-13-5-7-14(8-6-13)23-9-15-19-20-17(24-15)25-10-11-1-3-12(4-2-11)16(21)22/h1-8H,9-10H2,(H,21,22). The van der Waals surface area contributed by atoms with Crippen LogP contribution in [-0.2, 0) is 12.4 Å². The molecule has 0 aliphatic carbocycles. The highest BCUT2D eigenvalue weighted by atomic mass is 35.5. The molecule has 0 bridgehead atoms. The van der Waals surface area contributed by atoms with Gasteiger partial charge in [-0.3, -0.25) is 0 Å². The van der Waals surface area contributed by atoms with Crippen molar-refractivity contribution in [3.8, 4) is 5.75 Å². The Bertz CT molecular complexity index is 850. The lowest BCUT2D eigenvalue weighted by Gasteiger charge is -2.02. The maximum Gasteiger partial charge on any atom is 0.335 e. The molecule has 6 nitrogen and oxygen atoms in total. The van der Waals surface area contributed by atoms with E-state index in [2.05, 4.69) is 10.2 Å². The first-order chi connectivity index (χ1) is 12.1. The molecule has 0 aliphatic rings. The van der Waals surface area contributed by atoms with E-state index in [0.29, 0.717) is 27.6 Å². The summed E-state index contributed by atoms with van der Waals surface area (Å²) in [6.07, 6.45) is 0. The number of aromatic nitrogens is 2. The summed E-state index contributed by atoms with van der Waals surface area (Å²) in [4.78, 5) is 10.8. The van der Waals surface area contributed by atoms with E-state index in [1.807, 2.05) is 0 Å². The molecule has 8 heteroatoms. The first-order valence-corrected chi connectivity index (χ1v) is 8.62. The first kappa shape index (κ1) is 17.3. The van der Waals surface area contributed by atoms with Gasteiger partial charge in [-0.05, 0) is 42.0 Å². The molecule has 0 radical (unpaired) electrons. The summed E-state index contributed by atoms with van der Waals surface area (Å²) >= 11 is 7.18. The molecule has 3 aromatic rings. The zero-order valence-electron chi connectivity index (χ0n) is 12.9. The van der Waals surface area contributed by atoms with Crippen LogP contribution in [-0.4, -0.2) is 21.3 Å². The van der Waals surface area contributed by atoms with Gasteiger partial charge in [-0.25, -0.2) is 4.79 Å². The van der Waals surface area contributed by atoms with Gasteiger partial charge >= 0.3 is 5.97 Å². The maximum absolute atomic E-state index is 10.8. The molecule has 0 saturated carbocycles. The van der Waals surface area contributed by atoms with Crippen LogP contribution in [0.1, 0.15) is 21.8 Å². The van der Waals surface area contributed by atoms with E-state index in [0.717, 1.165) is 5.56 Å². The normalized spacial score (nSPS) is 10.6. The number of benzene rings is 2. The Morgan fingerprint density at radius 2 is 1.84 bits per heavy atom. The smallest absolute Gasteiger partial charge is 0.335 e. The molecule has 0 aliphatic heterocycles. The Hall–Kier alpha value is -2.51. The number of nitrogens with zero attached hydrogens (tertiary/aromatic N) is 2. The fourth-order valence-electron chi connectivity index (χ4n) is 1.92. The first-order valence-electron chi connectivity index (χ1n) is 7.26. The van der Waals surface area contributed by atoms with E-state index in [9.17, 15) is 4.79 Å². The van der Waals surface area contributed by atoms with Crippen LogP contribution in [0.2, 0.25) is 5.02 Å². The van der Waals surface area contributed by atoms with Gasteiger partial charge in [0.1, 0.15) is 5.75 Å². The Balaban J connectivity index is 1.51. The topological polar surface area (TPSA) is 85.5 Å². The van der Waals surface area contributed by atoms with Gasteiger partial charge < -0.3 is 14.3 Å². The Morgan fingerprint density at radius 1 is 1.12 bits per heavy atom. The molecular formula is C17H13ClN2O4S. The molecule has 128 valence electrons. The molecule has 0 atom stereocenters. The molecule has 2 aromatic carbocycles. The SMILES string of the molecule is O=C(O)c1ccc(CSc2nnc(COc3ccc(Cl)cc3)o2)cc1. The van der Waals surface area contributed by atoms with Crippen LogP contribution in [0.15, 0.2) is 58.2 Å². The summed E-state index contributed by atoms with van der Waals surface area (Å²) in [7, 11) is 0. The fraction of sp³-hybridized carbons (Fsp3) is 0.118. The van der Waals surface area contributed by atoms with Crippen LogP contribution in [0, 0.1) is 0 Å². The molecule has 3 rings (SSSR count). The lowest BCUT2D eigenvalue weighted by Crippen LogP contribution is -1.95. The highest BCUT2D eigenvalue weighted by Crippen LogP contribution is 2.22. The van der Waals surface area contributed by atoms with Gasteiger partial charge in [-0.1, -0.05) is 35.5 Å². The maximum atomic E-state index is 10.8. The number of hydrogen-bond acceptors (Lipinski definition) is 6. The molecule has 25 heavy (non-hydrogen) atoms. The number of carboxylic acid groups (broad SMARTS) is 1. The highest BCUT2D eigenvalue weighted by Gasteiger charge is 2.09. The van der Waals surface area contributed by atoms with E-state index in [-0.39, 0.29) is 12.2 Å². The molecule has 0 saturated heterocycles. The van der Waals surface area contributed by atoms with E-state index >= 15 is 0 Å². The molecule has 1 aromatic heterocycles. The summed E-state index contributed by atoms with van der Waals surface area (Å²) in [6, 6.07) is 13.6. The van der Waals surface area contributed by atoms with E-state index in [1.54, 1.807) is 48.5 Å². The molecule has 0 spiro atoms. The Labute approximate surface area is 152 Å². The number of ether oxygens (including phenoxy) is 1. The fourth-order valence-corrected chi connectivity index (χ4v) is 2.78. The third-order valence-electron chi connectivity index (χ3n) is 3.19. The quantitative estimate of drug-likeness (QED) is 0.615. The van der Waals surface area contributed by atoms with E-state index in [1.165, 1.54) is 11.8 Å². The molecule has 1 heterocycles. The molecule has 0 fully saturated rings. The van der Waals surface area contributed by atoms with E-state index in [4.69, 9.17) is 25.9 Å². The predicted octanol–water partition coefficient (Wildman–Crippen LogP) is 4.29. The van der Waals surface area contributed by atoms with Gasteiger partial charge in [0.15, 0.2) is 6.61 Å². The van der Waals surface area contributed by atoms with Gasteiger partial charge in [0.05, 0.1) is 5.56 Å². The van der Waals surface area contributed by atoms with Crippen molar-refractivity contribution in [1.82, 2.24) is 10.2 Å². The van der Waals surface area contributed by atoms with Crippen molar-refractivity contribution in [2.24, 2.45) is 0 Å². The Morgan fingerprint density at radius 3 is 2.52 bits per heavy atom. The molecular weight excluding hydrogens is 364 g/mol. The lowest BCUT2D eigenvalue weighted by atomic mass is 10.1. The minimum atomic E-state index is -0.943. The van der Waals surface area contributed by atoms with Gasteiger partial charge in [0.2, 0.25) is 0 Å². The van der Waals surface area contributed by atoms with Crippen molar-refractivity contribution in [1.29, 1.82) is 0 Å². The second kappa shape index (κ2) is 8.04. The largest absolute Gasteiger partial charge is 0.484 e. The number of thioether (sulfide) groups is 1. The number of halogens is 1. The van der Waals surface area contributed by atoms with Crippen molar-refractivity contribution in [2.75, 3.05) is 0 Å². The minimum absolute atomic E-state index is 0.169. The monoisotopic (exact) mass is 376 g/mol. The number of carbonyl (C=O) groups is 1. The summed E-state index contributed by atoms with van der Waals surface area (Å²) in [5, 5.41) is 17.8. The van der Waals surface area contributed by atoms with Crippen LogP contribution in [0.4, 0.5) is 0 Å². The molecule has 0 unspecified atom stereocenters. The third kappa shape index (κ3) is 4.98. The summed E-state index contributed by atoms with van der Waals surface area (Å²) in [5.74, 6) is 0.690. The van der Waals surface area contributed by atoms with Gasteiger partial charge in [0, 0.05) is 10.8 Å². The van der Waals surface area contributed by atoms with Gasteiger partial charge in [-0.2, -0.15) is 0 Å². The molecule has 1 N–H and O–H groups in total. The van der Waals surface area contributed by atoms with Crippen LogP contribution in [0.3, 0.4) is 0 Å². The van der Waals surface area contributed by atoms with Crippen LogP contribution < -0.4 is 4.74 Å². The van der Waals surface area contributed by atoms with E-state index < -0.39 is 5.97 Å². The van der Waals surface area contributed by atoms with Crippen molar-refractivity contribution in [3.05, 3.63) is 70.6 Å². The number of rotatable bonds is 7. The average molecular weight is 377 g/mol. The second-order valence-corrected chi connectivity index (χ2v) is 6.36. The third-order valence-corrected chi connectivity index (χ3v) is 4.33. The number of carboxylic acids is 1. The summed E-state index contributed by atoms with van der Waals surface area (Å²) in [5.41, 5.74) is 1.22.